The Bertz CT molecular complexity index is 273. The maximum Gasteiger partial charge on any atom is 0.152 e. The van der Waals surface area contributed by atoms with Crippen molar-refractivity contribution in [2.24, 2.45) is 5.92 Å². The fourth-order valence-electron chi connectivity index (χ4n) is 1.75. The summed E-state index contributed by atoms with van der Waals surface area (Å²) in [6, 6.07) is 0.474. The predicted octanol–water partition coefficient (Wildman–Crippen LogP) is 2.22. The zero-order valence-corrected chi connectivity index (χ0v) is 12.1. The van der Waals surface area contributed by atoms with Gasteiger partial charge in [-0.15, -0.1) is 0 Å². The Morgan fingerprint density at radius 2 is 1.69 bits per heavy atom. The third kappa shape index (κ3) is 6.48. The monoisotopic (exact) mass is 249 g/mol. The summed E-state index contributed by atoms with van der Waals surface area (Å²) in [6.45, 7) is 10.8. The van der Waals surface area contributed by atoms with E-state index < -0.39 is 9.84 Å². The molecule has 16 heavy (non-hydrogen) atoms. The highest BCUT2D eigenvalue weighted by Crippen LogP contribution is 2.13. The van der Waals surface area contributed by atoms with Crippen molar-refractivity contribution in [2.45, 2.75) is 58.8 Å². The molecule has 0 heterocycles. The Kier molecular flexibility index (Phi) is 7.24. The summed E-state index contributed by atoms with van der Waals surface area (Å²) in [6.07, 6.45) is 1.82. The van der Waals surface area contributed by atoms with Gasteiger partial charge in [0.05, 0.1) is 11.0 Å². The molecule has 2 atom stereocenters. The molecule has 0 radical (unpaired) electrons. The Morgan fingerprint density at radius 1 is 1.12 bits per heavy atom. The molecule has 98 valence electrons. The summed E-state index contributed by atoms with van der Waals surface area (Å²) < 4.78 is 23.3. The highest BCUT2D eigenvalue weighted by atomic mass is 32.2. The van der Waals surface area contributed by atoms with Gasteiger partial charge in [0.2, 0.25) is 0 Å². The lowest BCUT2D eigenvalue weighted by molar-refractivity contribution is 0.418. The van der Waals surface area contributed by atoms with Gasteiger partial charge in [-0.1, -0.05) is 13.8 Å². The zero-order chi connectivity index (χ0) is 12.8. The molecule has 0 aliphatic carbocycles. The van der Waals surface area contributed by atoms with E-state index >= 15 is 0 Å². The summed E-state index contributed by atoms with van der Waals surface area (Å²) in [5.41, 5.74) is 0. The minimum absolute atomic E-state index is 0.245. The van der Waals surface area contributed by atoms with Gasteiger partial charge < -0.3 is 5.32 Å². The summed E-state index contributed by atoms with van der Waals surface area (Å²) in [4.78, 5) is 0. The third-order valence-electron chi connectivity index (χ3n) is 2.92. The van der Waals surface area contributed by atoms with Crippen LogP contribution in [0.15, 0.2) is 0 Å². The van der Waals surface area contributed by atoms with E-state index in [1.165, 1.54) is 0 Å². The molecule has 0 saturated heterocycles. The molecule has 1 N–H and O–H groups in total. The average Bonchev–Trinajstić information content (AvgIpc) is 2.15. The highest BCUT2D eigenvalue weighted by molar-refractivity contribution is 7.91. The molecule has 4 heteroatoms. The van der Waals surface area contributed by atoms with Crippen LogP contribution >= 0.6 is 0 Å². The van der Waals surface area contributed by atoms with E-state index in [0.29, 0.717) is 17.7 Å². The first-order valence-electron chi connectivity index (χ1n) is 6.24. The van der Waals surface area contributed by atoms with Crippen molar-refractivity contribution in [2.75, 3.05) is 12.3 Å². The van der Waals surface area contributed by atoms with Crippen LogP contribution in [0.1, 0.15) is 47.5 Å². The van der Waals surface area contributed by atoms with Gasteiger partial charge in [-0.3, -0.25) is 0 Å². The molecule has 0 fully saturated rings. The van der Waals surface area contributed by atoms with Gasteiger partial charge in [0.25, 0.3) is 0 Å². The number of hydrogen-bond donors (Lipinski definition) is 1. The number of nitrogens with one attached hydrogen (secondary N) is 1. The molecule has 0 amide bonds. The van der Waals surface area contributed by atoms with Gasteiger partial charge in [-0.2, -0.15) is 0 Å². The van der Waals surface area contributed by atoms with Crippen molar-refractivity contribution >= 4 is 9.84 Å². The maximum atomic E-state index is 11.6. The van der Waals surface area contributed by atoms with Gasteiger partial charge in [0, 0.05) is 6.04 Å². The van der Waals surface area contributed by atoms with E-state index in [4.69, 9.17) is 0 Å². The molecule has 0 spiro atoms. The van der Waals surface area contributed by atoms with E-state index in [0.717, 1.165) is 19.4 Å². The Balaban J connectivity index is 3.94. The van der Waals surface area contributed by atoms with Crippen LogP contribution in [0.5, 0.6) is 0 Å². The van der Waals surface area contributed by atoms with Crippen molar-refractivity contribution in [1.29, 1.82) is 0 Å². The van der Waals surface area contributed by atoms with Crippen LogP contribution in [0, 0.1) is 5.92 Å². The van der Waals surface area contributed by atoms with Crippen LogP contribution in [-0.4, -0.2) is 32.0 Å². The van der Waals surface area contributed by atoms with Crippen LogP contribution in [0.2, 0.25) is 0 Å². The summed E-state index contributed by atoms with van der Waals surface area (Å²) >= 11 is 0. The lowest BCUT2D eigenvalue weighted by Gasteiger charge is -2.18. The molecule has 0 aliphatic rings. The molecule has 2 unspecified atom stereocenters. The number of rotatable bonds is 8. The van der Waals surface area contributed by atoms with E-state index in [2.05, 4.69) is 26.1 Å². The Hall–Kier alpha value is -0.0900. The fraction of sp³-hybridized carbons (Fsp3) is 1.00. The van der Waals surface area contributed by atoms with Crippen LogP contribution in [0.4, 0.5) is 0 Å². The fourth-order valence-corrected chi connectivity index (χ4v) is 2.96. The van der Waals surface area contributed by atoms with Crippen LogP contribution in [0.3, 0.4) is 0 Å². The van der Waals surface area contributed by atoms with E-state index in [-0.39, 0.29) is 5.25 Å². The van der Waals surface area contributed by atoms with Gasteiger partial charge in [0.15, 0.2) is 9.84 Å². The molecule has 0 saturated carbocycles. The molecule has 3 nitrogen and oxygen atoms in total. The van der Waals surface area contributed by atoms with Crippen molar-refractivity contribution < 1.29 is 8.42 Å². The van der Waals surface area contributed by atoms with E-state index in [9.17, 15) is 8.42 Å². The van der Waals surface area contributed by atoms with Crippen LogP contribution in [-0.2, 0) is 9.84 Å². The minimum atomic E-state index is -2.86. The van der Waals surface area contributed by atoms with E-state index in [1.54, 1.807) is 13.8 Å². The lowest BCUT2D eigenvalue weighted by atomic mass is 10.0. The molecule has 0 aromatic heterocycles. The lowest BCUT2D eigenvalue weighted by Crippen LogP contribution is -2.28. The smallest absolute Gasteiger partial charge is 0.152 e. The van der Waals surface area contributed by atoms with Gasteiger partial charge in [0.1, 0.15) is 0 Å². The van der Waals surface area contributed by atoms with Crippen molar-refractivity contribution in [1.82, 2.24) is 5.32 Å². The largest absolute Gasteiger partial charge is 0.315 e. The SMILES string of the molecule is CCNC(C)CC(C)CCS(=O)(=O)C(C)C. The third-order valence-corrected chi connectivity index (χ3v) is 5.16. The first-order valence-corrected chi connectivity index (χ1v) is 7.96. The molecule has 0 bridgehead atoms. The summed E-state index contributed by atoms with van der Waals surface area (Å²) in [5, 5.41) is 3.10. The second-order valence-corrected chi connectivity index (χ2v) is 7.68. The first-order chi connectivity index (χ1) is 7.29. The van der Waals surface area contributed by atoms with Gasteiger partial charge >= 0.3 is 0 Å². The molecular weight excluding hydrogens is 222 g/mol. The summed E-state index contributed by atoms with van der Waals surface area (Å²) in [7, 11) is -2.86. The maximum absolute atomic E-state index is 11.6. The first kappa shape index (κ1) is 15.9. The summed E-state index contributed by atoms with van der Waals surface area (Å²) in [5.74, 6) is 0.785. The zero-order valence-electron chi connectivity index (χ0n) is 11.3. The number of sulfone groups is 1. The molecule has 0 aliphatic heterocycles. The predicted molar refractivity (Wildman–Crippen MR) is 70.5 cm³/mol. The van der Waals surface area contributed by atoms with Crippen molar-refractivity contribution in [3.63, 3.8) is 0 Å². The van der Waals surface area contributed by atoms with Gasteiger partial charge in [-0.05, 0) is 46.1 Å². The minimum Gasteiger partial charge on any atom is -0.315 e. The molecular formula is C12H27NO2S. The van der Waals surface area contributed by atoms with Gasteiger partial charge in [-0.25, -0.2) is 8.42 Å². The standard InChI is InChI=1S/C12H27NO2S/c1-6-13-12(5)9-11(4)7-8-16(14,15)10(2)3/h10-13H,6-9H2,1-5H3. The Labute approximate surface area is 101 Å². The molecule has 0 aromatic rings. The van der Waals surface area contributed by atoms with Crippen LogP contribution in [0.25, 0.3) is 0 Å². The quantitative estimate of drug-likeness (QED) is 0.717. The second-order valence-electron chi connectivity index (χ2n) is 5.00. The second kappa shape index (κ2) is 7.28. The average molecular weight is 249 g/mol. The van der Waals surface area contributed by atoms with Crippen molar-refractivity contribution in [3.8, 4) is 0 Å². The highest BCUT2D eigenvalue weighted by Gasteiger charge is 2.18. The van der Waals surface area contributed by atoms with Crippen molar-refractivity contribution in [3.05, 3.63) is 0 Å². The van der Waals surface area contributed by atoms with Crippen LogP contribution < -0.4 is 5.32 Å². The Morgan fingerprint density at radius 3 is 2.12 bits per heavy atom. The number of hydrogen-bond acceptors (Lipinski definition) is 3. The van der Waals surface area contributed by atoms with E-state index in [1.807, 2.05) is 0 Å². The molecule has 0 rings (SSSR count). The molecule has 0 aromatic carbocycles. The topological polar surface area (TPSA) is 46.2 Å². The normalized spacial score (nSPS) is 16.4.